The van der Waals surface area contributed by atoms with E-state index in [0.29, 0.717) is 26.2 Å². The van der Waals surface area contributed by atoms with E-state index in [1.807, 2.05) is 58.0 Å². The van der Waals surface area contributed by atoms with E-state index in [2.05, 4.69) is 15.2 Å². The van der Waals surface area contributed by atoms with Crippen molar-refractivity contribution < 1.29 is 14.3 Å². The van der Waals surface area contributed by atoms with Crippen LogP contribution in [0.15, 0.2) is 35.3 Å². The molecule has 27 heavy (non-hydrogen) atoms. The minimum Gasteiger partial charge on any atom is -0.489 e. The van der Waals surface area contributed by atoms with Crippen molar-refractivity contribution in [3.05, 3.63) is 30.3 Å². The fourth-order valence-corrected chi connectivity index (χ4v) is 3.23. The second-order valence-electron chi connectivity index (χ2n) is 8.06. The molecular weight excluding hydrogens is 344 g/mol. The number of amides is 1. The Hall–Kier alpha value is -2.44. The van der Waals surface area contributed by atoms with Gasteiger partial charge in [-0.25, -0.2) is 4.79 Å². The molecule has 1 saturated heterocycles. The Morgan fingerprint density at radius 2 is 2.04 bits per heavy atom. The number of benzene rings is 1. The van der Waals surface area contributed by atoms with Gasteiger partial charge in [-0.15, -0.1) is 0 Å². The summed E-state index contributed by atoms with van der Waals surface area (Å²) < 4.78 is 11.4. The number of aliphatic imine (C=N–C) groups is 1. The quantitative estimate of drug-likeness (QED) is 0.876. The first kappa shape index (κ1) is 19.3. The molecule has 1 aromatic carbocycles. The average molecular weight is 374 g/mol. The van der Waals surface area contributed by atoms with Gasteiger partial charge in [0, 0.05) is 19.6 Å². The van der Waals surface area contributed by atoms with E-state index in [-0.39, 0.29) is 18.2 Å². The van der Waals surface area contributed by atoms with E-state index >= 15 is 0 Å². The summed E-state index contributed by atoms with van der Waals surface area (Å²) in [5, 5.41) is 3.40. The number of hydrogen-bond donors (Lipinski definition) is 1. The number of rotatable bonds is 4. The molecule has 2 heterocycles. The molecule has 2 unspecified atom stereocenters. The van der Waals surface area contributed by atoms with E-state index < -0.39 is 5.60 Å². The SMILES string of the molecule is CC(CNC1=NCC2CN(C(=O)OC(C)(C)C)CCN12)Oc1ccccc1. The van der Waals surface area contributed by atoms with Gasteiger partial charge in [-0.3, -0.25) is 4.99 Å². The number of nitrogens with zero attached hydrogens (tertiary/aromatic N) is 3. The van der Waals surface area contributed by atoms with Crippen LogP contribution < -0.4 is 10.1 Å². The van der Waals surface area contributed by atoms with Crippen LogP contribution in [0.25, 0.3) is 0 Å². The topological polar surface area (TPSA) is 66.4 Å². The molecule has 0 spiro atoms. The number of hydrogen-bond acceptors (Lipinski definition) is 6. The number of para-hydroxylation sites is 1. The lowest BCUT2D eigenvalue weighted by molar-refractivity contribution is 0.0137. The van der Waals surface area contributed by atoms with E-state index in [0.717, 1.165) is 18.3 Å². The fourth-order valence-electron chi connectivity index (χ4n) is 3.23. The predicted octanol–water partition coefficient (Wildman–Crippen LogP) is 2.33. The van der Waals surface area contributed by atoms with Gasteiger partial charge in [0.05, 0.1) is 19.1 Å². The number of ether oxygens (including phenoxy) is 2. The smallest absolute Gasteiger partial charge is 0.410 e. The summed E-state index contributed by atoms with van der Waals surface area (Å²) >= 11 is 0. The zero-order valence-electron chi connectivity index (χ0n) is 16.6. The van der Waals surface area contributed by atoms with E-state index in [9.17, 15) is 4.79 Å². The van der Waals surface area contributed by atoms with Gasteiger partial charge in [-0.1, -0.05) is 18.2 Å². The monoisotopic (exact) mass is 374 g/mol. The van der Waals surface area contributed by atoms with Crippen LogP contribution in [0.1, 0.15) is 27.7 Å². The van der Waals surface area contributed by atoms with Crippen LogP contribution in [0.2, 0.25) is 0 Å². The van der Waals surface area contributed by atoms with Crippen molar-refractivity contribution in [1.29, 1.82) is 0 Å². The van der Waals surface area contributed by atoms with E-state index in [1.54, 1.807) is 4.90 Å². The summed E-state index contributed by atoms with van der Waals surface area (Å²) in [5.74, 6) is 1.76. The van der Waals surface area contributed by atoms with Crippen molar-refractivity contribution in [3.63, 3.8) is 0 Å². The molecule has 1 N–H and O–H groups in total. The molecule has 0 bridgehead atoms. The Balaban J connectivity index is 1.45. The lowest BCUT2D eigenvalue weighted by Crippen LogP contribution is -2.58. The summed E-state index contributed by atoms with van der Waals surface area (Å²) in [5.41, 5.74) is -0.470. The van der Waals surface area contributed by atoms with Crippen molar-refractivity contribution in [1.82, 2.24) is 15.1 Å². The molecule has 0 aliphatic carbocycles. The summed E-state index contributed by atoms with van der Waals surface area (Å²) in [7, 11) is 0. The van der Waals surface area contributed by atoms with Gasteiger partial charge in [0.2, 0.25) is 0 Å². The standard InChI is InChI=1S/C20H30N4O3/c1-15(26-17-8-6-5-7-9-17)12-21-18-22-13-16-14-23(10-11-24(16)18)19(25)27-20(2,3)4/h5-9,15-16H,10-14H2,1-4H3,(H,21,22). The molecule has 0 saturated carbocycles. The Bertz CT molecular complexity index is 672. The minimum atomic E-state index is -0.470. The third-order valence-electron chi connectivity index (χ3n) is 4.49. The molecule has 2 aliphatic rings. The van der Waals surface area contributed by atoms with Crippen molar-refractivity contribution in [2.75, 3.05) is 32.7 Å². The van der Waals surface area contributed by atoms with E-state index in [4.69, 9.17) is 9.47 Å². The van der Waals surface area contributed by atoms with Crippen molar-refractivity contribution >= 4 is 12.1 Å². The first-order chi connectivity index (χ1) is 12.8. The Morgan fingerprint density at radius 1 is 1.30 bits per heavy atom. The lowest BCUT2D eigenvalue weighted by atomic mass is 10.2. The maximum Gasteiger partial charge on any atom is 0.410 e. The maximum absolute atomic E-state index is 12.3. The maximum atomic E-state index is 12.3. The average Bonchev–Trinajstić information content (AvgIpc) is 3.01. The molecular formula is C20H30N4O3. The summed E-state index contributed by atoms with van der Waals surface area (Å²) in [4.78, 5) is 20.9. The molecule has 148 valence electrons. The highest BCUT2D eigenvalue weighted by molar-refractivity contribution is 5.82. The highest BCUT2D eigenvalue weighted by Crippen LogP contribution is 2.18. The van der Waals surface area contributed by atoms with Crippen LogP contribution in [-0.4, -0.2) is 72.3 Å². The molecule has 7 nitrogen and oxygen atoms in total. The highest BCUT2D eigenvalue weighted by atomic mass is 16.6. The third-order valence-corrected chi connectivity index (χ3v) is 4.49. The van der Waals surface area contributed by atoms with Crippen LogP contribution in [0.3, 0.4) is 0 Å². The van der Waals surface area contributed by atoms with Gasteiger partial charge in [0.25, 0.3) is 0 Å². The number of fused-ring (bicyclic) bond motifs is 1. The first-order valence-corrected chi connectivity index (χ1v) is 9.56. The number of guanidine groups is 1. The minimum absolute atomic E-state index is 0.0252. The number of nitrogens with one attached hydrogen (secondary N) is 1. The molecule has 2 atom stereocenters. The van der Waals surface area contributed by atoms with Gasteiger partial charge in [0.15, 0.2) is 5.96 Å². The first-order valence-electron chi connectivity index (χ1n) is 9.56. The molecule has 2 aliphatic heterocycles. The number of carbonyl (C=O) groups is 1. The van der Waals surface area contributed by atoms with Gasteiger partial charge in [0.1, 0.15) is 17.5 Å². The van der Waals surface area contributed by atoms with Crippen LogP contribution in [-0.2, 0) is 4.74 Å². The van der Waals surface area contributed by atoms with Crippen LogP contribution >= 0.6 is 0 Å². The fraction of sp³-hybridized carbons (Fsp3) is 0.600. The Kier molecular flexibility index (Phi) is 5.77. The normalized spacial score (nSPS) is 20.6. The lowest BCUT2D eigenvalue weighted by Gasteiger charge is -2.39. The second kappa shape index (κ2) is 8.06. The van der Waals surface area contributed by atoms with Crippen LogP contribution in [0.4, 0.5) is 4.79 Å². The predicted molar refractivity (Wildman–Crippen MR) is 105 cm³/mol. The summed E-state index contributed by atoms with van der Waals surface area (Å²) in [6.45, 7) is 11.1. The zero-order valence-corrected chi connectivity index (χ0v) is 16.6. The molecule has 0 radical (unpaired) electrons. The Morgan fingerprint density at radius 3 is 2.74 bits per heavy atom. The van der Waals surface area contributed by atoms with Crippen molar-refractivity contribution in [2.45, 2.75) is 45.4 Å². The second-order valence-corrected chi connectivity index (χ2v) is 8.06. The summed E-state index contributed by atoms with van der Waals surface area (Å²) in [6, 6.07) is 10.0. The molecule has 0 aromatic heterocycles. The largest absolute Gasteiger partial charge is 0.489 e. The van der Waals surface area contributed by atoms with Crippen molar-refractivity contribution in [3.8, 4) is 5.75 Å². The highest BCUT2D eigenvalue weighted by Gasteiger charge is 2.36. The molecule has 1 fully saturated rings. The van der Waals surface area contributed by atoms with Gasteiger partial charge >= 0.3 is 6.09 Å². The molecule has 1 aromatic rings. The molecule has 1 amide bonds. The van der Waals surface area contributed by atoms with Gasteiger partial charge in [-0.2, -0.15) is 0 Å². The van der Waals surface area contributed by atoms with Crippen molar-refractivity contribution in [2.24, 2.45) is 4.99 Å². The van der Waals surface area contributed by atoms with Crippen LogP contribution in [0, 0.1) is 0 Å². The number of carbonyl (C=O) groups excluding carboxylic acids is 1. The Labute approximate surface area is 161 Å². The van der Waals surface area contributed by atoms with Crippen LogP contribution in [0.5, 0.6) is 5.75 Å². The van der Waals surface area contributed by atoms with Gasteiger partial charge in [-0.05, 0) is 39.8 Å². The zero-order chi connectivity index (χ0) is 19.4. The molecule has 3 rings (SSSR count). The summed E-state index contributed by atoms with van der Waals surface area (Å²) in [6.07, 6.45) is -0.217. The molecule has 7 heteroatoms. The van der Waals surface area contributed by atoms with Gasteiger partial charge < -0.3 is 24.6 Å². The third kappa shape index (κ3) is 5.28. The number of piperazine rings is 1. The van der Waals surface area contributed by atoms with E-state index in [1.165, 1.54) is 0 Å².